The molecule has 2 rings (SSSR count). The lowest BCUT2D eigenvalue weighted by atomic mass is 9.69. The first-order valence-corrected chi connectivity index (χ1v) is 8.41. The van der Waals surface area contributed by atoms with Gasteiger partial charge in [0, 0.05) is 13.2 Å². The third kappa shape index (κ3) is 3.98. The van der Waals surface area contributed by atoms with Crippen LogP contribution in [0.1, 0.15) is 71.6 Å². The fourth-order valence-electron chi connectivity index (χ4n) is 4.18. The maximum Gasteiger partial charge on any atom is 0.0494 e. The van der Waals surface area contributed by atoms with Gasteiger partial charge in [-0.3, -0.25) is 0 Å². The van der Waals surface area contributed by atoms with E-state index in [-0.39, 0.29) is 0 Å². The predicted octanol–water partition coefficient (Wildman–Crippen LogP) is 5.05. The fourth-order valence-corrected chi connectivity index (χ4v) is 4.18. The zero-order chi connectivity index (χ0) is 12.8. The third-order valence-corrected chi connectivity index (χ3v) is 5.58. The highest BCUT2D eigenvalue weighted by molar-refractivity contribution is 4.81. The first-order chi connectivity index (χ1) is 8.83. The summed E-state index contributed by atoms with van der Waals surface area (Å²) in [6, 6.07) is 0. The summed E-state index contributed by atoms with van der Waals surface area (Å²) in [5.74, 6) is 4.05. The van der Waals surface area contributed by atoms with Crippen LogP contribution in [0.5, 0.6) is 0 Å². The summed E-state index contributed by atoms with van der Waals surface area (Å²) in [4.78, 5) is 0. The summed E-state index contributed by atoms with van der Waals surface area (Å²) in [6.45, 7) is 6.38. The molecular formula is C17H32O. The molecule has 0 amide bonds. The van der Waals surface area contributed by atoms with Gasteiger partial charge < -0.3 is 4.74 Å². The molecule has 0 spiro atoms. The molecule has 0 heterocycles. The second-order valence-corrected chi connectivity index (χ2v) is 6.63. The van der Waals surface area contributed by atoms with E-state index in [2.05, 4.69) is 13.8 Å². The van der Waals surface area contributed by atoms with Crippen molar-refractivity contribution in [3.05, 3.63) is 0 Å². The van der Waals surface area contributed by atoms with Crippen molar-refractivity contribution >= 4 is 0 Å². The normalized spacial score (nSPS) is 37.7. The molecule has 0 aliphatic heterocycles. The summed E-state index contributed by atoms with van der Waals surface area (Å²) in [5, 5.41) is 0. The molecule has 2 aliphatic carbocycles. The quantitative estimate of drug-likeness (QED) is 0.665. The lowest BCUT2D eigenvalue weighted by Crippen LogP contribution is -2.27. The average molecular weight is 252 g/mol. The molecule has 0 atom stereocenters. The van der Waals surface area contributed by atoms with E-state index in [9.17, 15) is 0 Å². The van der Waals surface area contributed by atoms with Gasteiger partial charge in [0.15, 0.2) is 0 Å². The topological polar surface area (TPSA) is 9.23 Å². The lowest BCUT2D eigenvalue weighted by Gasteiger charge is -2.37. The average Bonchev–Trinajstić information content (AvgIpc) is 2.46. The molecule has 0 N–H and O–H groups in total. The fraction of sp³-hybridized carbons (Fsp3) is 1.00. The highest BCUT2D eigenvalue weighted by Gasteiger charge is 2.30. The summed E-state index contributed by atoms with van der Waals surface area (Å²) in [7, 11) is 0. The van der Waals surface area contributed by atoms with Gasteiger partial charge in [0.05, 0.1) is 0 Å². The Morgan fingerprint density at radius 1 is 0.722 bits per heavy atom. The highest BCUT2D eigenvalue weighted by atomic mass is 16.5. The molecule has 0 saturated heterocycles. The molecule has 2 aliphatic rings. The number of hydrogen-bond donors (Lipinski definition) is 0. The van der Waals surface area contributed by atoms with Gasteiger partial charge in [-0.1, -0.05) is 26.2 Å². The van der Waals surface area contributed by atoms with Crippen molar-refractivity contribution in [2.45, 2.75) is 71.6 Å². The Bertz CT molecular complexity index is 210. The number of rotatable bonds is 5. The molecule has 0 aromatic heterocycles. The maximum atomic E-state index is 5.58. The van der Waals surface area contributed by atoms with E-state index in [4.69, 9.17) is 4.74 Å². The molecular weight excluding hydrogens is 220 g/mol. The molecule has 2 saturated carbocycles. The van der Waals surface area contributed by atoms with Crippen molar-refractivity contribution in [1.29, 1.82) is 0 Å². The van der Waals surface area contributed by atoms with Crippen LogP contribution in [0.25, 0.3) is 0 Å². The van der Waals surface area contributed by atoms with Crippen molar-refractivity contribution in [2.75, 3.05) is 13.2 Å². The zero-order valence-electron chi connectivity index (χ0n) is 12.5. The number of ether oxygens (including phenoxy) is 1. The van der Waals surface area contributed by atoms with E-state index in [1.54, 1.807) is 0 Å². The monoisotopic (exact) mass is 252 g/mol. The summed E-state index contributed by atoms with van der Waals surface area (Å²) >= 11 is 0. The Balaban J connectivity index is 1.67. The minimum absolute atomic E-state index is 0.869. The van der Waals surface area contributed by atoms with Crippen molar-refractivity contribution in [3.8, 4) is 0 Å². The minimum atomic E-state index is 0.869. The molecule has 0 radical (unpaired) electrons. The Kier molecular flexibility index (Phi) is 6.01. The van der Waals surface area contributed by atoms with E-state index in [1.165, 1.54) is 57.8 Å². The van der Waals surface area contributed by atoms with Gasteiger partial charge in [-0.25, -0.2) is 0 Å². The van der Waals surface area contributed by atoms with Crippen molar-refractivity contribution in [1.82, 2.24) is 0 Å². The van der Waals surface area contributed by atoms with E-state index < -0.39 is 0 Å². The number of hydrogen-bond acceptors (Lipinski definition) is 1. The van der Waals surface area contributed by atoms with Crippen molar-refractivity contribution in [3.63, 3.8) is 0 Å². The van der Waals surface area contributed by atoms with Gasteiger partial charge in [-0.15, -0.1) is 0 Å². The van der Waals surface area contributed by atoms with Crippen LogP contribution < -0.4 is 0 Å². The zero-order valence-corrected chi connectivity index (χ0v) is 12.5. The summed E-state index contributed by atoms with van der Waals surface area (Å²) < 4.78 is 5.58. The van der Waals surface area contributed by atoms with Crippen LogP contribution in [-0.2, 0) is 4.74 Å². The van der Waals surface area contributed by atoms with Gasteiger partial charge in [0.2, 0.25) is 0 Å². The highest BCUT2D eigenvalue weighted by Crippen LogP contribution is 2.41. The molecule has 0 unspecified atom stereocenters. The second-order valence-electron chi connectivity index (χ2n) is 6.63. The van der Waals surface area contributed by atoms with Crippen LogP contribution >= 0.6 is 0 Å². The Hall–Kier alpha value is -0.0400. The van der Waals surface area contributed by atoms with Crippen molar-refractivity contribution in [2.24, 2.45) is 23.7 Å². The molecule has 106 valence electrons. The Labute approximate surface area is 114 Å². The Morgan fingerprint density at radius 3 is 1.67 bits per heavy atom. The van der Waals surface area contributed by atoms with Crippen LogP contribution in [0, 0.1) is 23.7 Å². The smallest absolute Gasteiger partial charge is 0.0494 e. The van der Waals surface area contributed by atoms with Crippen LogP contribution in [0.4, 0.5) is 0 Å². The maximum absolute atomic E-state index is 5.58. The molecule has 1 heteroatoms. The van der Waals surface area contributed by atoms with Crippen LogP contribution in [0.3, 0.4) is 0 Å². The second kappa shape index (κ2) is 7.53. The molecule has 0 aromatic carbocycles. The largest absolute Gasteiger partial charge is 0.381 e. The summed E-state index contributed by atoms with van der Waals surface area (Å²) in [5.41, 5.74) is 0. The van der Waals surface area contributed by atoms with Crippen LogP contribution in [0.15, 0.2) is 0 Å². The van der Waals surface area contributed by atoms with Crippen LogP contribution in [-0.4, -0.2) is 13.2 Å². The lowest BCUT2D eigenvalue weighted by molar-refractivity contribution is 0.0713. The van der Waals surface area contributed by atoms with Gasteiger partial charge in [0.25, 0.3) is 0 Å². The van der Waals surface area contributed by atoms with Gasteiger partial charge in [-0.2, -0.15) is 0 Å². The van der Waals surface area contributed by atoms with E-state index in [1.807, 2.05) is 0 Å². The molecule has 2 fully saturated rings. The van der Waals surface area contributed by atoms with E-state index >= 15 is 0 Å². The molecule has 1 nitrogen and oxygen atoms in total. The van der Waals surface area contributed by atoms with E-state index in [0.29, 0.717) is 0 Å². The van der Waals surface area contributed by atoms with E-state index in [0.717, 1.165) is 36.9 Å². The standard InChI is InChI=1S/C17H32O/c1-3-14-5-9-16(10-6-14)17-11-7-15(8-12-17)13-18-4-2/h14-17H,3-13H2,1-2H3. The van der Waals surface area contributed by atoms with Gasteiger partial charge in [0.1, 0.15) is 0 Å². The predicted molar refractivity (Wildman–Crippen MR) is 77.7 cm³/mol. The third-order valence-electron chi connectivity index (χ3n) is 5.58. The van der Waals surface area contributed by atoms with Gasteiger partial charge in [-0.05, 0) is 69.1 Å². The van der Waals surface area contributed by atoms with Crippen LogP contribution in [0.2, 0.25) is 0 Å². The first kappa shape index (κ1) is 14.4. The summed E-state index contributed by atoms with van der Waals surface area (Å²) in [6.07, 6.45) is 13.3. The van der Waals surface area contributed by atoms with Crippen molar-refractivity contribution < 1.29 is 4.74 Å². The first-order valence-electron chi connectivity index (χ1n) is 8.41. The SMILES string of the molecule is CCOCC1CCC(C2CCC(CC)CC2)CC1. The molecule has 0 bridgehead atoms. The van der Waals surface area contributed by atoms with Gasteiger partial charge >= 0.3 is 0 Å². The molecule has 0 aromatic rings. The molecule has 18 heavy (non-hydrogen) atoms. The minimum Gasteiger partial charge on any atom is -0.381 e. The Morgan fingerprint density at radius 2 is 1.22 bits per heavy atom.